The van der Waals surface area contributed by atoms with Gasteiger partial charge in [0.2, 0.25) is 0 Å². The molecule has 2 nitrogen and oxygen atoms in total. The molecule has 3 aliphatic carbocycles. The van der Waals surface area contributed by atoms with Gasteiger partial charge in [-0.3, -0.25) is 0 Å². The zero-order valence-corrected chi connectivity index (χ0v) is 11.1. The average molecular weight is 243 g/mol. The van der Waals surface area contributed by atoms with Gasteiger partial charge in [0.05, 0.1) is 7.11 Å². The third-order valence-electron chi connectivity index (χ3n) is 5.45. The maximum Gasteiger partial charge on any atom is 0.124 e. The Morgan fingerprint density at radius 2 is 2.28 bits per heavy atom. The highest BCUT2D eigenvalue weighted by atomic mass is 16.5. The van der Waals surface area contributed by atoms with E-state index >= 15 is 0 Å². The molecule has 4 aliphatic rings. The lowest BCUT2D eigenvalue weighted by atomic mass is 9.63. The topological polar surface area (TPSA) is 21.3 Å². The first kappa shape index (κ1) is 10.7. The normalized spacial score (nSPS) is 37.3. The van der Waals surface area contributed by atoms with Gasteiger partial charge in [-0.25, -0.2) is 0 Å². The Balaban J connectivity index is 1.88. The third kappa shape index (κ3) is 1.19. The molecule has 2 heteroatoms. The van der Waals surface area contributed by atoms with Gasteiger partial charge in [-0.1, -0.05) is 12.0 Å². The Bertz CT molecular complexity index is 485. The second-order valence-corrected chi connectivity index (χ2v) is 6.15. The largest absolute Gasteiger partial charge is 0.496 e. The summed E-state index contributed by atoms with van der Waals surface area (Å²) >= 11 is 0. The maximum atomic E-state index is 5.61. The second-order valence-electron chi connectivity index (χ2n) is 6.15. The van der Waals surface area contributed by atoms with Crippen molar-refractivity contribution < 1.29 is 4.74 Å². The highest BCUT2D eigenvalue weighted by Crippen LogP contribution is 2.58. The third-order valence-corrected chi connectivity index (χ3v) is 5.45. The molecule has 1 saturated carbocycles. The fraction of sp³-hybridized carbons (Fsp3) is 0.625. The second kappa shape index (κ2) is 3.66. The van der Waals surface area contributed by atoms with Crippen LogP contribution in [0, 0.1) is 11.3 Å². The monoisotopic (exact) mass is 243 g/mol. The van der Waals surface area contributed by atoms with Gasteiger partial charge in [0.15, 0.2) is 0 Å². The van der Waals surface area contributed by atoms with Crippen LogP contribution in [0.15, 0.2) is 34.8 Å². The Kier molecular flexibility index (Phi) is 2.18. The molecule has 0 amide bonds. The van der Waals surface area contributed by atoms with E-state index in [1.165, 1.54) is 44.1 Å². The number of allylic oxidation sites excluding steroid dienone is 3. The number of ether oxygens (including phenoxy) is 1. The molecular weight excluding hydrogens is 222 g/mol. The van der Waals surface area contributed by atoms with Crippen LogP contribution in [-0.4, -0.2) is 13.7 Å². The van der Waals surface area contributed by atoms with Crippen molar-refractivity contribution in [2.75, 3.05) is 13.7 Å². The number of hydrogen-bond donors (Lipinski definition) is 1. The summed E-state index contributed by atoms with van der Waals surface area (Å²) in [4.78, 5) is 0. The van der Waals surface area contributed by atoms with Gasteiger partial charge in [0.1, 0.15) is 5.76 Å². The summed E-state index contributed by atoms with van der Waals surface area (Å²) in [7, 11) is 1.81. The first-order chi connectivity index (χ1) is 8.85. The first-order valence-electron chi connectivity index (χ1n) is 7.29. The van der Waals surface area contributed by atoms with E-state index in [2.05, 4.69) is 17.6 Å². The van der Waals surface area contributed by atoms with E-state index in [0.29, 0.717) is 0 Å². The van der Waals surface area contributed by atoms with Gasteiger partial charge < -0.3 is 10.1 Å². The minimum atomic E-state index is 0.272. The number of methoxy groups -OCH3 is 1. The molecule has 1 spiro atoms. The van der Waals surface area contributed by atoms with Gasteiger partial charge in [-0.05, 0) is 49.7 Å². The Morgan fingerprint density at radius 3 is 3.17 bits per heavy atom. The smallest absolute Gasteiger partial charge is 0.124 e. The molecular formula is C16H21NO. The van der Waals surface area contributed by atoms with Crippen LogP contribution >= 0.6 is 0 Å². The zero-order chi connectivity index (χ0) is 12.2. The average Bonchev–Trinajstić information content (AvgIpc) is 2.94. The van der Waals surface area contributed by atoms with Gasteiger partial charge in [0.25, 0.3) is 0 Å². The van der Waals surface area contributed by atoms with Crippen molar-refractivity contribution in [3.8, 4) is 0 Å². The Labute approximate surface area is 109 Å². The summed E-state index contributed by atoms with van der Waals surface area (Å²) in [5.41, 5.74) is 5.06. The molecule has 2 unspecified atom stereocenters. The number of hydrogen-bond acceptors (Lipinski definition) is 2. The quantitative estimate of drug-likeness (QED) is 0.763. The lowest BCUT2D eigenvalue weighted by Gasteiger charge is -2.40. The number of nitrogens with one attached hydrogen (secondary N) is 1. The van der Waals surface area contributed by atoms with E-state index < -0.39 is 0 Å². The minimum Gasteiger partial charge on any atom is -0.496 e. The Morgan fingerprint density at radius 1 is 1.33 bits per heavy atom. The molecule has 2 atom stereocenters. The van der Waals surface area contributed by atoms with Crippen molar-refractivity contribution in [2.45, 2.75) is 38.5 Å². The van der Waals surface area contributed by atoms with Crippen LogP contribution in [0.4, 0.5) is 0 Å². The molecule has 0 radical (unpaired) electrons. The summed E-state index contributed by atoms with van der Waals surface area (Å²) in [6.45, 7) is 1.08. The fourth-order valence-corrected chi connectivity index (χ4v) is 4.56. The standard InChI is InChI=1S/C16H21NO/c1-18-15-8-13-12-5-3-2-4-11(12)6-7-16(13)10-17-9-14(15)16/h8-9,11,17H,2-7,10H2,1H3. The molecule has 18 heavy (non-hydrogen) atoms. The molecule has 0 bridgehead atoms. The van der Waals surface area contributed by atoms with Crippen molar-refractivity contribution in [3.05, 3.63) is 34.8 Å². The van der Waals surface area contributed by atoms with Gasteiger partial charge in [0, 0.05) is 23.7 Å². The molecule has 0 saturated heterocycles. The lowest BCUT2D eigenvalue weighted by Crippen LogP contribution is -2.34. The van der Waals surface area contributed by atoms with Crippen molar-refractivity contribution in [3.63, 3.8) is 0 Å². The van der Waals surface area contributed by atoms with Crippen LogP contribution in [0.1, 0.15) is 38.5 Å². The molecule has 1 fully saturated rings. The Hall–Kier alpha value is -1.18. The predicted octanol–water partition coefficient (Wildman–Crippen LogP) is 3.28. The summed E-state index contributed by atoms with van der Waals surface area (Å²) in [5, 5.41) is 3.46. The minimum absolute atomic E-state index is 0.272. The molecule has 1 heterocycles. The van der Waals surface area contributed by atoms with Crippen LogP contribution in [0.25, 0.3) is 0 Å². The van der Waals surface area contributed by atoms with E-state index in [1.807, 2.05) is 0 Å². The molecule has 0 aromatic carbocycles. The number of fused-ring (bicyclic) bond motifs is 1. The fourth-order valence-electron chi connectivity index (χ4n) is 4.56. The molecule has 0 aromatic rings. The first-order valence-corrected chi connectivity index (χ1v) is 7.29. The summed E-state index contributed by atoms with van der Waals surface area (Å²) in [6.07, 6.45) is 12.8. The van der Waals surface area contributed by atoms with Crippen LogP contribution in [0.2, 0.25) is 0 Å². The molecule has 0 aromatic heterocycles. The van der Waals surface area contributed by atoms with E-state index in [-0.39, 0.29) is 5.41 Å². The molecule has 4 rings (SSSR count). The summed E-state index contributed by atoms with van der Waals surface area (Å²) < 4.78 is 5.61. The van der Waals surface area contributed by atoms with Crippen LogP contribution in [0.5, 0.6) is 0 Å². The van der Waals surface area contributed by atoms with Gasteiger partial charge in [-0.15, -0.1) is 0 Å². The van der Waals surface area contributed by atoms with E-state index in [0.717, 1.165) is 18.2 Å². The van der Waals surface area contributed by atoms with Crippen molar-refractivity contribution in [1.29, 1.82) is 0 Å². The van der Waals surface area contributed by atoms with Crippen molar-refractivity contribution in [1.82, 2.24) is 5.32 Å². The van der Waals surface area contributed by atoms with Crippen LogP contribution in [-0.2, 0) is 4.74 Å². The molecule has 96 valence electrons. The van der Waals surface area contributed by atoms with Crippen LogP contribution < -0.4 is 5.32 Å². The van der Waals surface area contributed by atoms with Gasteiger partial charge >= 0.3 is 0 Å². The van der Waals surface area contributed by atoms with E-state index in [4.69, 9.17) is 4.74 Å². The SMILES string of the molecule is COC1=CC2=C3CCCCC3CCC23CNC=C13. The highest BCUT2D eigenvalue weighted by Gasteiger charge is 2.50. The van der Waals surface area contributed by atoms with Crippen molar-refractivity contribution >= 4 is 0 Å². The highest BCUT2D eigenvalue weighted by molar-refractivity contribution is 5.58. The van der Waals surface area contributed by atoms with E-state index in [9.17, 15) is 0 Å². The maximum absolute atomic E-state index is 5.61. The predicted molar refractivity (Wildman–Crippen MR) is 71.8 cm³/mol. The number of rotatable bonds is 1. The van der Waals surface area contributed by atoms with E-state index in [1.54, 1.807) is 18.3 Å². The zero-order valence-electron chi connectivity index (χ0n) is 11.1. The summed E-state index contributed by atoms with van der Waals surface area (Å²) in [6, 6.07) is 0. The summed E-state index contributed by atoms with van der Waals surface area (Å²) in [5.74, 6) is 1.97. The molecule has 1 N–H and O–H groups in total. The lowest BCUT2D eigenvalue weighted by molar-refractivity contribution is 0.275. The van der Waals surface area contributed by atoms with Crippen LogP contribution in [0.3, 0.4) is 0 Å². The van der Waals surface area contributed by atoms with Gasteiger partial charge in [-0.2, -0.15) is 0 Å². The van der Waals surface area contributed by atoms with Crippen molar-refractivity contribution in [2.24, 2.45) is 11.3 Å². The molecule has 1 aliphatic heterocycles.